The Morgan fingerprint density at radius 1 is 1.22 bits per heavy atom. The number of ether oxygens (including phenoxy) is 1. The molecule has 0 fully saturated rings. The number of hydrogen-bond donors (Lipinski definition) is 1. The van der Waals surface area contributed by atoms with Crippen molar-refractivity contribution in [2.24, 2.45) is 0 Å². The first-order chi connectivity index (χ1) is 15.2. The molecule has 0 amide bonds. The first kappa shape index (κ1) is 26.9. The van der Waals surface area contributed by atoms with E-state index in [1.54, 1.807) is 13.1 Å². The number of aromatic nitrogens is 2. The van der Waals surface area contributed by atoms with Gasteiger partial charge < -0.3 is 18.9 Å². The van der Waals surface area contributed by atoms with Crippen LogP contribution in [-0.4, -0.2) is 48.4 Å². The van der Waals surface area contributed by atoms with Gasteiger partial charge in [0.15, 0.2) is 0 Å². The molecule has 1 atom stereocenters. The normalized spacial score (nSPS) is 12.6. The van der Waals surface area contributed by atoms with Crippen LogP contribution in [0.25, 0.3) is 0 Å². The van der Waals surface area contributed by atoms with E-state index in [-0.39, 0.29) is 35.4 Å². The molecular weight excluding hydrogens is 530 g/mol. The predicted molar refractivity (Wildman–Crippen MR) is 131 cm³/mol. The quantitative estimate of drug-likeness (QED) is 0.171. The first-order valence-electron chi connectivity index (χ1n) is 10.1. The summed E-state index contributed by atoms with van der Waals surface area (Å²) in [6, 6.07) is 7.68. The standard InChI is InChI=1S/C21H27BrClN3O4Si2/c1-6-28-17(27)11-16(25-18-15(22)12-24-20(23)26-18)13-7-9-14(10-8-13)21(2,3)19(29-31-4)30-32-5/h7-10,12,16,19H,6,11H2,1-5H3,(H,24,25,26)/t16-/m1/s1. The fourth-order valence-corrected chi connectivity index (χ4v) is 4.71. The molecule has 1 N–H and O–H groups in total. The van der Waals surface area contributed by atoms with Gasteiger partial charge in [-0.2, -0.15) is 4.98 Å². The molecule has 0 saturated carbocycles. The monoisotopic (exact) mass is 555 g/mol. The molecule has 7 nitrogen and oxygen atoms in total. The van der Waals surface area contributed by atoms with Gasteiger partial charge in [0.25, 0.3) is 0 Å². The van der Waals surface area contributed by atoms with Gasteiger partial charge in [0.2, 0.25) is 24.8 Å². The lowest BCUT2D eigenvalue weighted by atomic mass is 9.83. The Balaban J connectivity index is 2.33. The summed E-state index contributed by atoms with van der Waals surface area (Å²) >= 11 is 9.38. The SMILES string of the molecule is CCOC(=O)C[C@@H](Nc1nc(Cl)ncc1Br)c1ccc(C(C)(C)C(O[Si]C)O[Si]C)cc1. The lowest BCUT2D eigenvalue weighted by molar-refractivity contribution is -0.143. The van der Waals surface area contributed by atoms with Crippen LogP contribution >= 0.6 is 27.5 Å². The minimum atomic E-state index is -0.369. The maximum absolute atomic E-state index is 12.3. The van der Waals surface area contributed by atoms with Crippen LogP contribution < -0.4 is 5.32 Å². The highest BCUT2D eigenvalue weighted by Crippen LogP contribution is 2.32. The maximum Gasteiger partial charge on any atom is 0.308 e. The molecule has 0 unspecified atom stereocenters. The van der Waals surface area contributed by atoms with Gasteiger partial charge in [-0.05, 0) is 58.7 Å². The Labute approximate surface area is 208 Å². The first-order valence-corrected chi connectivity index (χ1v) is 14.1. The number of carbonyl (C=O) groups is 1. The minimum absolute atomic E-state index is 0.113. The summed E-state index contributed by atoms with van der Waals surface area (Å²) in [6.07, 6.45) is 1.36. The van der Waals surface area contributed by atoms with Crippen molar-refractivity contribution in [1.82, 2.24) is 9.97 Å². The smallest absolute Gasteiger partial charge is 0.308 e. The fraction of sp³-hybridized carbons (Fsp3) is 0.476. The Morgan fingerprint density at radius 2 is 1.84 bits per heavy atom. The molecule has 0 saturated heterocycles. The van der Waals surface area contributed by atoms with Crippen molar-refractivity contribution in [2.75, 3.05) is 11.9 Å². The van der Waals surface area contributed by atoms with E-state index in [0.717, 1.165) is 11.1 Å². The van der Waals surface area contributed by atoms with E-state index in [9.17, 15) is 4.79 Å². The second-order valence-electron chi connectivity index (χ2n) is 7.36. The van der Waals surface area contributed by atoms with Crippen LogP contribution in [0.5, 0.6) is 0 Å². The number of halogens is 2. The van der Waals surface area contributed by atoms with Gasteiger partial charge in [-0.15, -0.1) is 0 Å². The third kappa shape index (κ3) is 7.36. The summed E-state index contributed by atoms with van der Waals surface area (Å²) < 4.78 is 17.6. The molecule has 0 aliphatic carbocycles. The van der Waals surface area contributed by atoms with E-state index in [1.165, 1.54) is 0 Å². The Morgan fingerprint density at radius 3 is 2.41 bits per heavy atom. The number of nitrogens with zero attached hydrogens (tertiary/aromatic N) is 2. The molecule has 11 heteroatoms. The van der Waals surface area contributed by atoms with Crippen LogP contribution in [0, 0.1) is 0 Å². The van der Waals surface area contributed by atoms with Gasteiger partial charge in [0.1, 0.15) is 12.1 Å². The van der Waals surface area contributed by atoms with Crippen LogP contribution in [0.15, 0.2) is 34.9 Å². The molecule has 1 aromatic carbocycles. The second kappa shape index (κ2) is 12.8. The van der Waals surface area contributed by atoms with Crippen LogP contribution in [-0.2, 0) is 23.8 Å². The van der Waals surface area contributed by atoms with Crippen molar-refractivity contribution in [2.45, 2.75) is 58.0 Å². The van der Waals surface area contributed by atoms with Gasteiger partial charge in [-0.25, -0.2) is 4.98 Å². The summed E-state index contributed by atoms with van der Waals surface area (Å²) in [5.74, 6) is 0.193. The molecule has 1 aromatic heterocycles. The number of rotatable bonds is 12. The fourth-order valence-electron chi connectivity index (χ4n) is 3.06. The minimum Gasteiger partial charge on any atom is -0.466 e. The van der Waals surface area contributed by atoms with Crippen LogP contribution in [0.3, 0.4) is 0 Å². The Kier molecular flexibility index (Phi) is 10.8. The summed E-state index contributed by atoms with van der Waals surface area (Å²) in [6.45, 7) is 10.3. The molecule has 0 bridgehead atoms. The number of nitrogens with one attached hydrogen (secondary N) is 1. The van der Waals surface area contributed by atoms with E-state index in [1.807, 2.05) is 37.4 Å². The number of benzene rings is 1. The Bertz CT molecular complexity index is 884. The molecule has 32 heavy (non-hydrogen) atoms. The molecular formula is C21H27BrClN3O4Si2. The second-order valence-corrected chi connectivity index (χ2v) is 9.84. The maximum atomic E-state index is 12.3. The average Bonchev–Trinajstić information content (AvgIpc) is 2.76. The number of hydrogen-bond acceptors (Lipinski definition) is 7. The van der Waals surface area contributed by atoms with Crippen LogP contribution in [0.4, 0.5) is 5.82 Å². The van der Waals surface area contributed by atoms with E-state index in [0.29, 0.717) is 36.4 Å². The van der Waals surface area contributed by atoms with Gasteiger partial charge >= 0.3 is 5.97 Å². The van der Waals surface area contributed by atoms with Crippen molar-refractivity contribution >= 4 is 58.8 Å². The highest BCUT2D eigenvalue weighted by molar-refractivity contribution is 9.10. The van der Waals surface area contributed by atoms with Crippen molar-refractivity contribution in [3.63, 3.8) is 0 Å². The summed E-state index contributed by atoms with van der Waals surface area (Å²) in [5, 5.41) is 3.40. The molecule has 0 spiro atoms. The number of anilines is 1. The predicted octanol–water partition coefficient (Wildman–Crippen LogP) is 4.97. The molecule has 2 rings (SSSR count). The lowest BCUT2D eigenvalue weighted by Gasteiger charge is -2.34. The summed E-state index contributed by atoms with van der Waals surface area (Å²) in [4.78, 5) is 20.4. The molecule has 0 aliphatic rings. The summed E-state index contributed by atoms with van der Waals surface area (Å²) in [7, 11) is 0.658. The zero-order valence-electron chi connectivity index (χ0n) is 18.7. The highest BCUT2D eigenvalue weighted by Gasteiger charge is 2.32. The molecule has 1 heterocycles. The van der Waals surface area contributed by atoms with Crippen molar-refractivity contribution in [3.05, 3.63) is 51.3 Å². The van der Waals surface area contributed by atoms with Crippen LogP contribution in [0.2, 0.25) is 18.4 Å². The molecule has 2 aromatic rings. The number of carbonyl (C=O) groups excluding carboxylic acids is 1. The van der Waals surface area contributed by atoms with Crippen molar-refractivity contribution < 1.29 is 18.4 Å². The Hall–Kier alpha value is -1.31. The third-order valence-corrected chi connectivity index (χ3v) is 6.46. The van der Waals surface area contributed by atoms with Gasteiger partial charge in [-0.1, -0.05) is 38.1 Å². The van der Waals surface area contributed by atoms with E-state index in [2.05, 4.69) is 45.1 Å². The molecule has 0 aliphatic heterocycles. The largest absolute Gasteiger partial charge is 0.466 e. The molecule has 172 valence electrons. The zero-order chi connectivity index (χ0) is 23.7. The van der Waals surface area contributed by atoms with E-state index < -0.39 is 0 Å². The van der Waals surface area contributed by atoms with Gasteiger partial charge in [0, 0.05) is 11.6 Å². The van der Waals surface area contributed by atoms with E-state index in [4.69, 9.17) is 25.2 Å². The van der Waals surface area contributed by atoms with Gasteiger partial charge in [0.05, 0.1) is 23.5 Å². The van der Waals surface area contributed by atoms with E-state index >= 15 is 0 Å². The van der Waals surface area contributed by atoms with Gasteiger partial charge in [-0.3, -0.25) is 4.79 Å². The van der Waals surface area contributed by atoms with Crippen LogP contribution in [0.1, 0.15) is 44.4 Å². The lowest BCUT2D eigenvalue weighted by Crippen LogP contribution is -2.39. The third-order valence-electron chi connectivity index (χ3n) is 4.80. The molecule has 4 radical (unpaired) electrons. The zero-order valence-corrected chi connectivity index (χ0v) is 23.1. The van der Waals surface area contributed by atoms with Crippen molar-refractivity contribution in [3.8, 4) is 0 Å². The average molecular weight is 557 g/mol. The van der Waals surface area contributed by atoms with Crippen molar-refractivity contribution in [1.29, 1.82) is 0 Å². The number of esters is 1. The topological polar surface area (TPSA) is 82.6 Å². The summed E-state index contributed by atoms with van der Waals surface area (Å²) in [5.41, 5.74) is 1.63. The highest BCUT2D eigenvalue weighted by atomic mass is 79.9.